The number of carbonyl (C=O) groups is 2. The molecule has 0 spiro atoms. The number of hydrogen-bond donors (Lipinski definition) is 0. The third-order valence-corrected chi connectivity index (χ3v) is 8.24. The van der Waals surface area contributed by atoms with E-state index in [0.29, 0.717) is 0 Å². The Morgan fingerprint density at radius 3 is 0.766 bits per heavy atom. The first kappa shape index (κ1) is 52.7. The minimum Gasteiger partial charge on any atom is -0.550 e. The number of unbranched alkanes of at least 4 members (excludes halogenated alkanes) is 25. The maximum absolute atomic E-state index is 10.2. The standard InChI is InChI=1S/2C18H34O2.C6H14.Cu/c2*1-2-3-4-5-6-7-8-9-10-11-12-13-14-15-16-17-18(19)20;1-3-5-6-4-2;/h2*9-10H,2-8,11-17H2,1H3,(H,19,20);3-6H2,1-2H3;/q;;;+2/p-2. The third kappa shape index (κ3) is 64.2. The summed E-state index contributed by atoms with van der Waals surface area (Å²) in [6.45, 7) is 8.98. The van der Waals surface area contributed by atoms with Gasteiger partial charge in [0.15, 0.2) is 0 Å². The zero-order valence-electron chi connectivity index (χ0n) is 31.9. The van der Waals surface area contributed by atoms with E-state index in [0.717, 1.165) is 38.5 Å². The number of allylic oxidation sites excluding steroid dienone is 4. The van der Waals surface area contributed by atoms with Crippen molar-refractivity contribution in [2.24, 2.45) is 0 Å². The molecule has 0 N–H and O–H groups in total. The Hall–Kier alpha value is -1.06. The molecule has 0 aliphatic heterocycles. The molecule has 283 valence electrons. The first-order valence-electron chi connectivity index (χ1n) is 20.2. The Balaban J connectivity index is -0.000000329. The van der Waals surface area contributed by atoms with Gasteiger partial charge in [0.2, 0.25) is 0 Å². The molecular formula is C42H80CuO4. The van der Waals surface area contributed by atoms with Gasteiger partial charge in [-0.25, -0.2) is 0 Å². The van der Waals surface area contributed by atoms with Crippen LogP contribution in [0.15, 0.2) is 24.3 Å². The normalized spacial score (nSPS) is 10.7. The second-order valence-electron chi connectivity index (χ2n) is 13.1. The third-order valence-electron chi connectivity index (χ3n) is 8.24. The predicted octanol–water partition coefficient (Wildman–Crippen LogP) is 12.1. The molecule has 47 heavy (non-hydrogen) atoms. The quantitative estimate of drug-likeness (QED) is 0.0385. The van der Waals surface area contributed by atoms with Gasteiger partial charge in [-0.3, -0.25) is 0 Å². The summed E-state index contributed by atoms with van der Waals surface area (Å²) in [5.74, 6) is -1.83. The number of rotatable bonds is 33. The molecule has 4 nitrogen and oxygen atoms in total. The van der Waals surface area contributed by atoms with Crippen LogP contribution >= 0.6 is 0 Å². The van der Waals surface area contributed by atoms with Crippen LogP contribution in [-0.2, 0) is 26.7 Å². The number of carbonyl (C=O) groups excluding carboxylic acids is 2. The van der Waals surface area contributed by atoms with Crippen LogP contribution in [0, 0.1) is 0 Å². The van der Waals surface area contributed by atoms with Crippen molar-refractivity contribution < 1.29 is 36.9 Å². The summed E-state index contributed by atoms with van der Waals surface area (Å²) in [5, 5.41) is 20.4. The van der Waals surface area contributed by atoms with Crippen molar-refractivity contribution in [1.29, 1.82) is 0 Å². The van der Waals surface area contributed by atoms with Crippen LogP contribution in [-0.4, -0.2) is 11.9 Å². The summed E-state index contributed by atoms with van der Waals surface area (Å²) < 4.78 is 0. The monoisotopic (exact) mass is 712 g/mol. The molecule has 0 saturated carbocycles. The van der Waals surface area contributed by atoms with Gasteiger partial charge in [0.1, 0.15) is 0 Å². The maximum Gasteiger partial charge on any atom is 2.00 e. The Morgan fingerprint density at radius 1 is 0.340 bits per heavy atom. The summed E-state index contributed by atoms with van der Waals surface area (Å²) in [6, 6.07) is 0. The minimum absolute atomic E-state index is 0. The van der Waals surface area contributed by atoms with E-state index < -0.39 is 11.9 Å². The summed E-state index contributed by atoms with van der Waals surface area (Å²) in [5.41, 5.74) is 0. The second-order valence-corrected chi connectivity index (χ2v) is 13.1. The Labute approximate surface area is 305 Å². The van der Waals surface area contributed by atoms with Crippen LogP contribution in [0.3, 0.4) is 0 Å². The molecule has 0 aromatic heterocycles. The minimum atomic E-state index is -0.914. The first-order valence-corrected chi connectivity index (χ1v) is 20.2. The Bertz CT molecular complexity index is 578. The van der Waals surface area contributed by atoms with Crippen molar-refractivity contribution in [1.82, 2.24) is 0 Å². The van der Waals surface area contributed by atoms with Crippen molar-refractivity contribution in [3.8, 4) is 0 Å². The molecule has 0 aliphatic carbocycles. The molecule has 1 radical (unpaired) electrons. The van der Waals surface area contributed by atoms with Crippen molar-refractivity contribution in [3.63, 3.8) is 0 Å². The van der Waals surface area contributed by atoms with Crippen LogP contribution in [0.5, 0.6) is 0 Å². The SMILES string of the molecule is CCCCCC.CCCCCCCCC=CCCCCCCCC(=O)[O-].CCCCCCCCC=CCCCCCCCC(=O)[O-].[Cu+2]. The van der Waals surface area contributed by atoms with Crippen molar-refractivity contribution in [2.45, 2.75) is 233 Å². The van der Waals surface area contributed by atoms with E-state index in [4.69, 9.17) is 0 Å². The summed E-state index contributed by atoms with van der Waals surface area (Å²) >= 11 is 0. The van der Waals surface area contributed by atoms with Gasteiger partial charge in [0.25, 0.3) is 0 Å². The molecule has 0 amide bonds. The molecule has 0 atom stereocenters. The molecule has 0 fully saturated rings. The smallest absolute Gasteiger partial charge is 0.550 e. The van der Waals surface area contributed by atoms with E-state index in [1.54, 1.807) is 0 Å². The fourth-order valence-electron chi connectivity index (χ4n) is 5.18. The van der Waals surface area contributed by atoms with Gasteiger partial charge in [-0.2, -0.15) is 0 Å². The van der Waals surface area contributed by atoms with Gasteiger partial charge in [0.05, 0.1) is 0 Å². The van der Waals surface area contributed by atoms with Crippen molar-refractivity contribution in [3.05, 3.63) is 24.3 Å². The molecule has 0 rings (SSSR count). The van der Waals surface area contributed by atoms with E-state index >= 15 is 0 Å². The number of aliphatic carboxylic acids is 2. The van der Waals surface area contributed by atoms with E-state index in [1.165, 1.54) is 154 Å². The van der Waals surface area contributed by atoms with E-state index in [-0.39, 0.29) is 29.9 Å². The maximum atomic E-state index is 10.2. The number of carboxylic acid groups (broad SMARTS) is 2. The van der Waals surface area contributed by atoms with Crippen LogP contribution in [0.4, 0.5) is 0 Å². The molecule has 0 aromatic carbocycles. The van der Waals surface area contributed by atoms with Crippen LogP contribution in [0.25, 0.3) is 0 Å². The van der Waals surface area contributed by atoms with E-state index in [2.05, 4.69) is 52.0 Å². The van der Waals surface area contributed by atoms with Gasteiger partial charge >= 0.3 is 17.1 Å². The zero-order valence-corrected chi connectivity index (χ0v) is 32.8. The summed E-state index contributed by atoms with van der Waals surface area (Å²) in [7, 11) is 0. The molecular weight excluding hydrogens is 632 g/mol. The predicted molar refractivity (Wildman–Crippen MR) is 199 cm³/mol. The molecule has 0 aliphatic rings. The first-order chi connectivity index (χ1) is 22.5. The zero-order chi connectivity index (χ0) is 34.6. The van der Waals surface area contributed by atoms with Gasteiger partial charge < -0.3 is 19.8 Å². The molecule has 5 heteroatoms. The average molecular weight is 713 g/mol. The number of carboxylic acids is 2. The number of hydrogen-bond acceptors (Lipinski definition) is 4. The van der Waals surface area contributed by atoms with Crippen molar-refractivity contribution >= 4 is 11.9 Å². The Morgan fingerprint density at radius 2 is 0.532 bits per heavy atom. The topological polar surface area (TPSA) is 80.3 Å². The summed E-state index contributed by atoms with van der Waals surface area (Å²) in [4.78, 5) is 20.4. The van der Waals surface area contributed by atoms with E-state index in [1.807, 2.05) is 0 Å². The van der Waals surface area contributed by atoms with E-state index in [9.17, 15) is 19.8 Å². The fraction of sp³-hybridized carbons (Fsp3) is 0.857. The molecule has 0 bridgehead atoms. The molecule has 0 saturated heterocycles. The van der Waals surface area contributed by atoms with Crippen LogP contribution in [0.2, 0.25) is 0 Å². The Kier molecular flexibility index (Phi) is 58.1. The molecule has 0 heterocycles. The van der Waals surface area contributed by atoms with Gasteiger partial charge in [-0.15, -0.1) is 0 Å². The second kappa shape index (κ2) is 51.8. The fourth-order valence-corrected chi connectivity index (χ4v) is 5.18. The summed E-state index contributed by atoms with van der Waals surface area (Å²) in [6.07, 6.45) is 47.3. The van der Waals surface area contributed by atoms with Gasteiger partial charge in [-0.1, -0.05) is 180 Å². The van der Waals surface area contributed by atoms with Crippen LogP contribution < -0.4 is 10.2 Å². The molecule has 0 unspecified atom stereocenters. The van der Waals surface area contributed by atoms with Crippen LogP contribution in [0.1, 0.15) is 233 Å². The molecule has 0 aromatic rings. The van der Waals surface area contributed by atoms with Gasteiger partial charge in [0, 0.05) is 11.9 Å². The largest absolute Gasteiger partial charge is 2.00 e. The average Bonchev–Trinajstić information content (AvgIpc) is 3.04. The van der Waals surface area contributed by atoms with Crippen molar-refractivity contribution in [2.75, 3.05) is 0 Å². The van der Waals surface area contributed by atoms with Gasteiger partial charge in [-0.05, 0) is 77.0 Å².